The first-order valence-corrected chi connectivity index (χ1v) is 6.37. The van der Waals surface area contributed by atoms with Crippen LogP contribution >= 0.6 is 11.8 Å². The molecule has 1 aromatic rings. The van der Waals surface area contributed by atoms with E-state index in [0.29, 0.717) is 4.90 Å². The van der Waals surface area contributed by atoms with Gasteiger partial charge in [-0.25, -0.2) is 13.6 Å². The number of nitrogens with one attached hydrogen (secondary N) is 1. The van der Waals surface area contributed by atoms with Gasteiger partial charge in [-0.1, -0.05) is 0 Å². The third-order valence-corrected chi connectivity index (χ3v) is 3.19. The average Bonchev–Trinajstić information content (AvgIpc) is 2.39. The van der Waals surface area contributed by atoms with Gasteiger partial charge in [0.25, 0.3) is 0 Å². The van der Waals surface area contributed by atoms with Gasteiger partial charge in [0.2, 0.25) is 5.91 Å². The molecular weight excluding hydrogens is 276 g/mol. The summed E-state index contributed by atoms with van der Waals surface area (Å²) in [5.74, 6) is -2.85. The Kier molecular flexibility index (Phi) is 5.75. The summed E-state index contributed by atoms with van der Waals surface area (Å²) in [6.07, 6.45) is 0. The van der Waals surface area contributed by atoms with Crippen molar-refractivity contribution >= 4 is 23.6 Å². The highest BCUT2D eigenvalue weighted by molar-refractivity contribution is 8.00. The summed E-state index contributed by atoms with van der Waals surface area (Å²) in [5.41, 5.74) is 0. The summed E-state index contributed by atoms with van der Waals surface area (Å²) in [7, 11) is 1.22. The zero-order valence-electron chi connectivity index (χ0n) is 10.4. The molecule has 7 heteroatoms. The molecule has 1 amide bonds. The van der Waals surface area contributed by atoms with Crippen molar-refractivity contribution in [2.24, 2.45) is 0 Å². The Bertz CT molecular complexity index is 482. The number of halogens is 2. The van der Waals surface area contributed by atoms with Crippen LogP contribution in [0.1, 0.15) is 6.92 Å². The van der Waals surface area contributed by atoms with E-state index in [1.807, 2.05) is 0 Å². The minimum absolute atomic E-state index is 0.00753. The smallest absolute Gasteiger partial charge is 0.328 e. The van der Waals surface area contributed by atoms with Crippen LogP contribution in [0.4, 0.5) is 8.78 Å². The van der Waals surface area contributed by atoms with Gasteiger partial charge in [0.1, 0.15) is 6.04 Å². The van der Waals surface area contributed by atoms with Gasteiger partial charge >= 0.3 is 5.97 Å². The molecule has 0 heterocycles. The summed E-state index contributed by atoms with van der Waals surface area (Å²) in [6, 6.07) is 2.63. The van der Waals surface area contributed by atoms with Crippen LogP contribution in [0.25, 0.3) is 0 Å². The number of hydrogen-bond donors (Lipinski definition) is 1. The maximum absolute atomic E-state index is 12.9. The standard InChI is InChI=1S/C12H13F2NO3S/c1-7(12(17)18-2)15-11(16)6-19-8-3-4-9(13)10(14)5-8/h3-5,7H,6H2,1-2H3,(H,15,16)/t7-/m0/s1. The fourth-order valence-electron chi connectivity index (χ4n) is 1.23. The molecule has 4 nitrogen and oxygen atoms in total. The van der Waals surface area contributed by atoms with E-state index >= 15 is 0 Å². The zero-order valence-corrected chi connectivity index (χ0v) is 11.2. The second-order valence-corrected chi connectivity index (χ2v) is 4.73. The fraction of sp³-hybridized carbons (Fsp3) is 0.333. The summed E-state index contributed by atoms with van der Waals surface area (Å²) in [4.78, 5) is 23.0. The highest BCUT2D eigenvalue weighted by atomic mass is 32.2. The molecule has 0 aliphatic carbocycles. The number of rotatable bonds is 5. The van der Waals surface area contributed by atoms with E-state index in [2.05, 4.69) is 10.1 Å². The average molecular weight is 289 g/mol. The minimum Gasteiger partial charge on any atom is -0.467 e. The fourth-order valence-corrected chi connectivity index (χ4v) is 1.97. The summed E-state index contributed by atoms with van der Waals surface area (Å²) in [5, 5.41) is 2.42. The van der Waals surface area contributed by atoms with Gasteiger partial charge in [0, 0.05) is 4.90 Å². The van der Waals surface area contributed by atoms with Gasteiger partial charge in [-0.3, -0.25) is 4.79 Å². The van der Waals surface area contributed by atoms with Crippen LogP contribution in [0.15, 0.2) is 23.1 Å². The van der Waals surface area contributed by atoms with E-state index in [0.717, 1.165) is 23.9 Å². The maximum Gasteiger partial charge on any atom is 0.328 e. The number of esters is 1. The Hall–Kier alpha value is -1.63. The van der Waals surface area contributed by atoms with Crippen molar-refractivity contribution in [2.45, 2.75) is 17.9 Å². The van der Waals surface area contributed by atoms with E-state index in [4.69, 9.17) is 0 Å². The molecule has 0 fully saturated rings. The zero-order chi connectivity index (χ0) is 14.4. The molecule has 0 unspecified atom stereocenters. The van der Waals surface area contributed by atoms with Crippen LogP contribution in [0, 0.1) is 11.6 Å². The Morgan fingerprint density at radius 2 is 2.05 bits per heavy atom. The molecule has 0 aromatic heterocycles. The lowest BCUT2D eigenvalue weighted by Crippen LogP contribution is -2.40. The van der Waals surface area contributed by atoms with Gasteiger partial charge in [-0.05, 0) is 25.1 Å². The number of carbonyl (C=O) groups is 2. The van der Waals surface area contributed by atoms with Crippen molar-refractivity contribution in [3.63, 3.8) is 0 Å². The van der Waals surface area contributed by atoms with Gasteiger partial charge < -0.3 is 10.1 Å². The third-order valence-electron chi connectivity index (χ3n) is 2.19. The second-order valence-electron chi connectivity index (χ2n) is 3.68. The van der Waals surface area contributed by atoms with Crippen LogP contribution < -0.4 is 5.32 Å². The van der Waals surface area contributed by atoms with Crippen molar-refractivity contribution in [2.75, 3.05) is 12.9 Å². The summed E-state index contributed by atoms with van der Waals surface area (Å²) < 4.78 is 30.1. The lowest BCUT2D eigenvalue weighted by atomic mass is 10.3. The van der Waals surface area contributed by atoms with Crippen LogP contribution in [0.3, 0.4) is 0 Å². The number of methoxy groups -OCH3 is 1. The molecule has 1 aromatic carbocycles. The van der Waals surface area contributed by atoms with Crippen molar-refractivity contribution in [1.82, 2.24) is 5.32 Å². The number of carbonyl (C=O) groups excluding carboxylic acids is 2. The summed E-state index contributed by atoms with van der Waals surface area (Å²) in [6.45, 7) is 1.49. The molecule has 0 aliphatic heterocycles. The molecular formula is C12H13F2NO3S. The van der Waals surface area contributed by atoms with Gasteiger partial charge in [-0.2, -0.15) is 0 Å². The normalized spacial score (nSPS) is 11.8. The van der Waals surface area contributed by atoms with Crippen molar-refractivity contribution in [3.05, 3.63) is 29.8 Å². The number of thioether (sulfide) groups is 1. The Morgan fingerprint density at radius 1 is 1.37 bits per heavy atom. The van der Waals surface area contributed by atoms with Gasteiger partial charge in [-0.15, -0.1) is 11.8 Å². The predicted octanol–water partition coefficient (Wildman–Crippen LogP) is 1.73. The highest BCUT2D eigenvalue weighted by Gasteiger charge is 2.15. The molecule has 0 spiro atoms. The second kappa shape index (κ2) is 7.08. The number of benzene rings is 1. The molecule has 0 aliphatic rings. The molecule has 1 rings (SSSR count). The molecule has 19 heavy (non-hydrogen) atoms. The van der Waals surface area contributed by atoms with Crippen LogP contribution in [0.2, 0.25) is 0 Å². The van der Waals surface area contributed by atoms with Crippen LogP contribution in [0.5, 0.6) is 0 Å². The Balaban J connectivity index is 2.46. The van der Waals surface area contributed by atoms with Gasteiger partial charge in [0.15, 0.2) is 11.6 Å². The molecule has 0 radical (unpaired) electrons. The molecule has 104 valence electrons. The quantitative estimate of drug-likeness (QED) is 0.662. The first-order chi connectivity index (χ1) is 8.93. The maximum atomic E-state index is 12.9. The molecule has 0 saturated heterocycles. The van der Waals surface area contributed by atoms with E-state index in [-0.39, 0.29) is 5.75 Å². The van der Waals surface area contributed by atoms with Crippen molar-refractivity contribution < 1.29 is 23.1 Å². The topological polar surface area (TPSA) is 55.4 Å². The lowest BCUT2D eigenvalue weighted by molar-refractivity contribution is -0.144. The first-order valence-electron chi connectivity index (χ1n) is 5.39. The number of ether oxygens (including phenoxy) is 1. The summed E-state index contributed by atoms with van der Waals surface area (Å²) >= 11 is 1.04. The Labute approximate surface area is 113 Å². The third kappa shape index (κ3) is 4.86. The Morgan fingerprint density at radius 3 is 2.63 bits per heavy atom. The minimum atomic E-state index is -0.965. The highest BCUT2D eigenvalue weighted by Crippen LogP contribution is 2.20. The molecule has 1 N–H and O–H groups in total. The van der Waals surface area contributed by atoms with E-state index in [1.165, 1.54) is 20.1 Å². The molecule has 0 bridgehead atoms. The molecule has 1 atom stereocenters. The number of amides is 1. The number of hydrogen-bond acceptors (Lipinski definition) is 4. The largest absolute Gasteiger partial charge is 0.467 e. The van der Waals surface area contributed by atoms with Crippen LogP contribution in [-0.4, -0.2) is 30.8 Å². The van der Waals surface area contributed by atoms with E-state index in [1.54, 1.807) is 0 Å². The van der Waals surface area contributed by atoms with E-state index in [9.17, 15) is 18.4 Å². The SMILES string of the molecule is COC(=O)[C@H](C)NC(=O)CSc1ccc(F)c(F)c1. The van der Waals surface area contributed by atoms with Crippen molar-refractivity contribution in [3.8, 4) is 0 Å². The first kappa shape index (κ1) is 15.4. The molecule has 0 saturated carbocycles. The van der Waals surface area contributed by atoms with Crippen LogP contribution in [-0.2, 0) is 14.3 Å². The predicted molar refractivity (Wildman–Crippen MR) is 66.7 cm³/mol. The van der Waals surface area contributed by atoms with Gasteiger partial charge in [0.05, 0.1) is 12.9 Å². The lowest BCUT2D eigenvalue weighted by Gasteiger charge is -2.11. The van der Waals surface area contributed by atoms with Crippen molar-refractivity contribution in [1.29, 1.82) is 0 Å². The monoisotopic (exact) mass is 289 g/mol. The van der Waals surface area contributed by atoms with E-state index < -0.39 is 29.6 Å².